The summed E-state index contributed by atoms with van der Waals surface area (Å²) in [5.41, 5.74) is 0.662. The SMILES string of the molecule is CCNC(COCC(F)(F)F)Cc1ccc(F)cc1Cl. The van der Waals surface area contributed by atoms with Gasteiger partial charge in [0.1, 0.15) is 12.4 Å². The number of hydrogen-bond acceptors (Lipinski definition) is 2. The van der Waals surface area contributed by atoms with Crippen molar-refractivity contribution in [2.75, 3.05) is 19.8 Å². The summed E-state index contributed by atoms with van der Waals surface area (Å²) < 4.78 is 53.6. The third kappa shape index (κ3) is 6.54. The second-order valence-corrected chi connectivity index (χ2v) is 4.73. The molecule has 0 saturated heterocycles. The molecule has 2 nitrogen and oxygen atoms in total. The van der Waals surface area contributed by atoms with Crippen LogP contribution in [0.25, 0.3) is 0 Å². The standard InChI is InChI=1S/C13H16ClF4NO/c1-2-19-11(7-20-8-13(16,17)18)5-9-3-4-10(15)6-12(9)14/h3-4,6,11,19H,2,5,7-8H2,1H3. The Kier molecular flexibility index (Phi) is 6.71. The molecule has 0 heterocycles. The van der Waals surface area contributed by atoms with Crippen LogP contribution in [0.2, 0.25) is 5.02 Å². The minimum absolute atomic E-state index is 0.0962. The van der Waals surface area contributed by atoms with Crippen LogP contribution in [0.15, 0.2) is 18.2 Å². The summed E-state index contributed by atoms with van der Waals surface area (Å²) >= 11 is 5.89. The molecule has 0 saturated carbocycles. The van der Waals surface area contributed by atoms with Gasteiger partial charge in [0.2, 0.25) is 0 Å². The van der Waals surface area contributed by atoms with Crippen molar-refractivity contribution in [3.63, 3.8) is 0 Å². The Morgan fingerprint density at radius 2 is 2.05 bits per heavy atom. The molecule has 0 aliphatic heterocycles. The smallest absolute Gasteiger partial charge is 0.370 e. The number of ether oxygens (including phenoxy) is 1. The number of nitrogens with one attached hydrogen (secondary N) is 1. The molecule has 1 aromatic carbocycles. The van der Waals surface area contributed by atoms with Gasteiger partial charge >= 0.3 is 6.18 Å². The molecule has 0 amide bonds. The predicted molar refractivity (Wildman–Crippen MR) is 69.5 cm³/mol. The minimum Gasteiger partial charge on any atom is -0.370 e. The van der Waals surface area contributed by atoms with Crippen molar-refractivity contribution in [1.82, 2.24) is 5.32 Å². The Labute approximate surface area is 120 Å². The lowest BCUT2D eigenvalue weighted by Crippen LogP contribution is -2.36. The number of rotatable bonds is 7. The van der Waals surface area contributed by atoms with Crippen molar-refractivity contribution in [3.8, 4) is 0 Å². The Morgan fingerprint density at radius 3 is 2.60 bits per heavy atom. The molecule has 0 spiro atoms. The fourth-order valence-electron chi connectivity index (χ4n) is 1.75. The molecule has 0 aromatic heterocycles. The van der Waals surface area contributed by atoms with Gasteiger partial charge in [0, 0.05) is 11.1 Å². The third-order valence-electron chi connectivity index (χ3n) is 2.56. The van der Waals surface area contributed by atoms with Gasteiger partial charge in [-0.25, -0.2) is 4.39 Å². The summed E-state index contributed by atoms with van der Waals surface area (Å²) in [5, 5.41) is 3.27. The van der Waals surface area contributed by atoms with Crippen LogP contribution in [0.4, 0.5) is 17.6 Å². The summed E-state index contributed by atoms with van der Waals surface area (Å²) in [6, 6.07) is 3.65. The Morgan fingerprint density at radius 1 is 1.35 bits per heavy atom. The van der Waals surface area contributed by atoms with Crippen molar-refractivity contribution in [2.24, 2.45) is 0 Å². The highest BCUT2D eigenvalue weighted by molar-refractivity contribution is 6.31. The van der Waals surface area contributed by atoms with Gasteiger partial charge in [-0.1, -0.05) is 24.6 Å². The molecule has 0 aliphatic carbocycles. The maximum absolute atomic E-state index is 12.9. The van der Waals surface area contributed by atoms with Crippen LogP contribution in [0.3, 0.4) is 0 Å². The third-order valence-corrected chi connectivity index (χ3v) is 2.91. The van der Waals surface area contributed by atoms with Crippen LogP contribution in [-0.4, -0.2) is 32.0 Å². The van der Waals surface area contributed by atoms with E-state index in [9.17, 15) is 17.6 Å². The number of hydrogen-bond donors (Lipinski definition) is 1. The molecule has 1 atom stereocenters. The van der Waals surface area contributed by atoms with Gasteiger partial charge in [-0.3, -0.25) is 0 Å². The van der Waals surface area contributed by atoms with Crippen molar-refractivity contribution in [2.45, 2.75) is 25.6 Å². The molecule has 0 bridgehead atoms. The van der Waals surface area contributed by atoms with Gasteiger partial charge < -0.3 is 10.1 Å². The highest BCUT2D eigenvalue weighted by atomic mass is 35.5. The fourth-order valence-corrected chi connectivity index (χ4v) is 1.99. The highest BCUT2D eigenvalue weighted by Crippen LogP contribution is 2.19. The second kappa shape index (κ2) is 7.81. The molecule has 1 rings (SSSR count). The second-order valence-electron chi connectivity index (χ2n) is 4.32. The van der Waals surface area contributed by atoms with E-state index < -0.39 is 18.6 Å². The van der Waals surface area contributed by atoms with E-state index in [0.717, 1.165) is 0 Å². The van der Waals surface area contributed by atoms with Crippen LogP contribution >= 0.6 is 11.6 Å². The number of halogens is 5. The van der Waals surface area contributed by atoms with E-state index in [1.807, 2.05) is 6.92 Å². The molecule has 1 aromatic rings. The van der Waals surface area contributed by atoms with Gasteiger partial charge in [0.15, 0.2) is 0 Å². The summed E-state index contributed by atoms with van der Waals surface area (Å²) in [4.78, 5) is 0. The molecule has 0 aliphatic rings. The van der Waals surface area contributed by atoms with Crippen LogP contribution in [0.5, 0.6) is 0 Å². The molecular formula is C13H16ClF4NO. The van der Waals surface area contributed by atoms with E-state index in [4.69, 9.17) is 11.6 Å². The lowest BCUT2D eigenvalue weighted by Gasteiger charge is -2.19. The van der Waals surface area contributed by atoms with Gasteiger partial charge in [-0.05, 0) is 30.7 Å². The van der Waals surface area contributed by atoms with Gasteiger partial charge in [-0.2, -0.15) is 13.2 Å². The minimum atomic E-state index is -4.34. The predicted octanol–water partition coefficient (Wildman–Crippen LogP) is 3.58. The van der Waals surface area contributed by atoms with Gasteiger partial charge in [-0.15, -0.1) is 0 Å². The maximum Gasteiger partial charge on any atom is 0.411 e. The molecule has 0 fully saturated rings. The number of benzene rings is 1. The first kappa shape index (κ1) is 17.2. The molecule has 7 heteroatoms. The van der Waals surface area contributed by atoms with E-state index in [2.05, 4.69) is 10.1 Å². The molecule has 0 radical (unpaired) electrons. The zero-order valence-electron chi connectivity index (χ0n) is 10.9. The largest absolute Gasteiger partial charge is 0.411 e. The normalized spacial score (nSPS) is 13.5. The lowest BCUT2D eigenvalue weighted by molar-refractivity contribution is -0.175. The van der Waals surface area contributed by atoms with Crippen molar-refractivity contribution >= 4 is 11.6 Å². The van der Waals surface area contributed by atoms with Crippen LogP contribution in [0, 0.1) is 5.82 Å². The van der Waals surface area contributed by atoms with Gasteiger partial charge in [0.05, 0.1) is 6.61 Å². The van der Waals surface area contributed by atoms with Crippen LogP contribution < -0.4 is 5.32 Å². The summed E-state index contributed by atoms with van der Waals surface area (Å²) in [6.07, 6.45) is -3.98. The molecule has 20 heavy (non-hydrogen) atoms. The first-order valence-corrected chi connectivity index (χ1v) is 6.51. The number of alkyl halides is 3. The highest BCUT2D eigenvalue weighted by Gasteiger charge is 2.28. The Bertz CT molecular complexity index is 425. The van der Waals surface area contributed by atoms with E-state index in [0.29, 0.717) is 18.5 Å². The van der Waals surface area contributed by atoms with E-state index >= 15 is 0 Å². The van der Waals surface area contributed by atoms with Crippen molar-refractivity contribution in [1.29, 1.82) is 0 Å². The van der Waals surface area contributed by atoms with E-state index in [-0.39, 0.29) is 17.7 Å². The lowest BCUT2D eigenvalue weighted by atomic mass is 10.1. The summed E-state index contributed by atoms with van der Waals surface area (Å²) in [6.45, 7) is 1.04. The average molecular weight is 314 g/mol. The maximum atomic E-state index is 12.9. The monoisotopic (exact) mass is 313 g/mol. The molecule has 114 valence electrons. The first-order chi connectivity index (χ1) is 9.31. The van der Waals surface area contributed by atoms with Crippen molar-refractivity contribution in [3.05, 3.63) is 34.6 Å². The Balaban J connectivity index is 2.57. The Hall–Kier alpha value is -0.850. The molecule has 1 N–H and O–H groups in total. The van der Waals surface area contributed by atoms with Crippen molar-refractivity contribution < 1.29 is 22.3 Å². The molecular weight excluding hydrogens is 298 g/mol. The summed E-state index contributed by atoms with van der Waals surface area (Å²) in [7, 11) is 0. The fraction of sp³-hybridized carbons (Fsp3) is 0.538. The zero-order chi connectivity index (χ0) is 15.2. The van der Waals surface area contributed by atoms with Gasteiger partial charge in [0.25, 0.3) is 0 Å². The van der Waals surface area contributed by atoms with E-state index in [1.54, 1.807) is 0 Å². The van der Waals surface area contributed by atoms with Crippen LogP contribution in [0.1, 0.15) is 12.5 Å². The average Bonchev–Trinajstić information content (AvgIpc) is 2.31. The van der Waals surface area contributed by atoms with Crippen LogP contribution in [-0.2, 0) is 11.2 Å². The quantitative estimate of drug-likeness (QED) is 0.777. The number of likely N-dealkylation sites (N-methyl/N-ethyl adjacent to an activating group) is 1. The first-order valence-electron chi connectivity index (χ1n) is 6.13. The zero-order valence-corrected chi connectivity index (χ0v) is 11.7. The summed E-state index contributed by atoms with van der Waals surface area (Å²) in [5.74, 6) is -0.452. The molecule has 1 unspecified atom stereocenters. The van der Waals surface area contributed by atoms with E-state index in [1.165, 1.54) is 18.2 Å². The topological polar surface area (TPSA) is 21.3 Å².